The van der Waals surface area contributed by atoms with Crippen LogP contribution in [0.4, 0.5) is 24.5 Å². The summed E-state index contributed by atoms with van der Waals surface area (Å²) in [6.07, 6.45) is -3.00. The average molecular weight is 470 g/mol. The quantitative estimate of drug-likeness (QED) is 0.597. The fraction of sp³-hybridized carbons (Fsp3) is 0.250. The van der Waals surface area contributed by atoms with E-state index >= 15 is 0 Å². The number of nitrogens with one attached hydrogen (secondary N) is 1. The Balaban J connectivity index is 1.69. The minimum absolute atomic E-state index is 0.0153. The topological polar surface area (TPSA) is 71.5 Å². The number of alkyl halides is 3. The van der Waals surface area contributed by atoms with Crippen LogP contribution in [-0.2, 0) is 20.9 Å². The van der Waals surface area contributed by atoms with E-state index < -0.39 is 21.8 Å². The van der Waals surface area contributed by atoms with Crippen molar-refractivity contribution in [3.05, 3.63) is 60.3 Å². The molecule has 1 N–H and O–H groups in total. The van der Waals surface area contributed by atoms with E-state index in [-0.39, 0.29) is 9.90 Å². The summed E-state index contributed by atoms with van der Waals surface area (Å²) in [5, 5.41) is 0. The molecule has 1 aromatic carbocycles. The van der Waals surface area contributed by atoms with Crippen LogP contribution in [0.15, 0.2) is 58.9 Å². The van der Waals surface area contributed by atoms with Gasteiger partial charge in [-0.3, -0.25) is 9.71 Å². The minimum Gasteiger partial charge on any atom is -0.378 e. The molecule has 0 aliphatic carbocycles. The van der Waals surface area contributed by atoms with Gasteiger partial charge in [0.25, 0.3) is 10.0 Å². The van der Waals surface area contributed by atoms with Crippen LogP contribution >= 0.6 is 11.3 Å². The lowest BCUT2D eigenvalue weighted by molar-refractivity contribution is -0.137. The molecule has 0 unspecified atom stereocenters. The van der Waals surface area contributed by atoms with E-state index in [1.54, 1.807) is 35.4 Å². The highest BCUT2D eigenvalue weighted by Crippen LogP contribution is 2.37. The predicted molar refractivity (Wildman–Crippen MR) is 113 cm³/mol. The van der Waals surface area contributed by atoms with Gasteiger partial charge < -0.3 is 9.64 Å². The first-order valence-electron chi connectivity index (χ1n) is 9.32. The van der Waals surface area contributed by atoms with Gasteiger partial charge in [0.15, 0.2) is 0 Å². The van der Waals surface area contributed by atoms with Crippen molar-refractivity contribution in [2.24, 2.45) is 0 Å². The summed E-state index contributed by atoms with van der Waals surface area (Å²) >= 11 is 0.995. The summed E-state index contributed by atoms with van der Waals surface area (Å²) in [6, 6.07) is 11.4. The molecule has 0 amide bonds. The second-order valence-corrected chi connectivity index (χ2v) is 9.76. The SMILES string of the molecule is O=S(=O)(Nc1cc(C(F)(F)F)ccc1N1CCOCC1)c1ccc(-c2ccccn2)s1. The maximum absolute atomic E-state index is 13.3. The number of hydrogen-bond acceptors (Lipinski definition) is 6. The van der Waals surface area contributed by atoms with Gasteiger partial charge in [-0.05, 0) is 42.5 Å². The van der Waals surface area contributed by atoms with Gasteiger partial charge in [0, 0.05) is 19.3 Å². The zero-order chi connectivity index (χ0) is 22.1. The van der Waals surface area contributed by atoms with Crippen LogP contribution in [0.25, 0.3) is 10.6 Å². The van der Waals surface area contributed by atoms with Crippen LogP contribution in [0, 0.1) is 0 Å². The molecule has 1 aliphatic heterocycles. The van der Waals surface area contributed by atoms with E-state index in [9.17, 15) is 21.6 Å². The fourth-order valence-electron chi connectivity index (χ4n) is 3.18. The van der Waals surface area contributed by atoms with Crippen molar-refractivity contribution in [2.75, 3.05) is 35.9 Å². The van der Waals surface area contributed by atoms with Crippen LogP contribution in [0.1, 0.15) is 5.56 Å². The number of aromatic nitrogens is 1. The molecule has 3 heterocycles. The molecule has 11 heteroatoms. The first-order valence-corrected chi connectivity index (χ1v) is 11.6. The highest BCUT2D eigenvalue weighted by atomic mass is 32.2. The van der Waals surface area contributed by atoms with Crippen LogP contribution in [-0.4, -0.2) is 39.7 Å². The molecule has 1 fully saturated rings. The third-order valence-electron chi connectivity index (χ3n) is 4.68. The Labute approximate surface area is 181 Å². The number of rotatable bonds is 5. The molecule has 0 saturated carbocycles. The van der Waals surface area contributed by atoms with Crippen molar-refractivity contribution < 1.29 is 26.3 Å². The molecule has 31 heavy (non-hydrogen) atoms. The van der Waals surface area contributed by atoms with Crippen LogP contribution in [0.5, 0.6) is 0 Å². The van der Waals surface area contributed by atoms with Crippen LogP contribution < -0.4 is 9.62 Å². The van der Waals surface area contributed by atoms with E-state index in [0.717, 1.165) is 23.5 Å². The number of pyridine rings is 1. The van der Waals surface area contributed by atoms with E-state index in [1.807, 2.05) is 0 Å². The zero-order valence-electron chi connectivity index (χ0n) is 16.1. The summed E-state index contributed by atoms with van der Waals surface area (Å²) in [5.41, 5.74) is -0.0597. The highest BCUT2D eigenvalue weighted by Gasteiger charge is 2.32. The first kappa shape index (κ1) is 21.6. The maximum Gasteiger partial charge on any atom is 0.416 e. The van der Waals surface area contributed by atoms with Gasteiger partial charge in [-0.25, -0.2) is 8.42 Å². The number of halogens is 3. The van der Waals surface area contributed by atoms with Crippen molar-refractivity contribution >= 4 is 32.7 Å². The molecule has 2 aromatic heterocycles. The predicted octanol–water partition coefficient (Wildman–Crippen LogP) is 4.47. The van der Waals surface area contributed by atoms with E-state index in [2.05, 4.69) is 9.71 Å². The van der Waals surface area contributed by atoms with Gasteiger partial charge in [-0.1, -0.05) is 6.07 Å². The number of benzene rings is 1. The molecular weight excluding hydrogens is 451 g/mol. The summed E-state index contributed by atoms with van der Waals surface area (Å²) < 4.78 is 73.4. The molecule has 1 aliphatic rings. The number of thiophene rings is 1. The van der Waals surface area contributed by atoms with Gasteiger partial charge in [0.05, 0.1) is 40.7 Å². The average Bonchev–Trinajstić information content (AvgIpc) is 3.26. The molecule has 0 bridgehead atoms. The van der Waals surface area contributed by atoms with Crippen molar-refractivity contribution in [3.8, 4) is 10.6 Å². The van der Waals surface area contributed by atoms with Crippen LogP contribution in [0.2, 0.25) is 0 Å². The lowest BCUT2D eigenvalue weighted by Crippen LogP contribution is -2.36. The van der Waals surface area contributed by atoms with Gasteiger partial charge >= 0.3 is 6.18 Å². The van der Waals surface area contributed by atoms with Gasteiger partial charge in [-0.15, -0.1) is 11.3 Å². The molecule has 4 rings (SSSR count). The van der Waals surface area contributed by atoms with Crippen molar-refractivity contribution in [1.82, 2.24) is 4.98 Å². The Bertz CT molecular complexity index is 1160. The highest BCUT2D eigenvalue weighted by molar-refractivity contribution is 7.94. The second kappa shape index (κ2) is 8.48. The fourth-order valence-corrected chi connectivity index (χ4v) is 5.53. The molecule has 0 spiro atoms. The number of hydrogen-bond donors (Lipinski definition) is 1. The van der Waals surface area contributed by atoms with Crippen molar-refractivity contribution in [1.29, 1.82) is 0 Å². The largest absolute Gasteiger partial charge is 0.416 e. The Morgan fingerprint density at radius 1 is 1.06 bits per heavy atom. The maximum atomic E-state index is 13.3. The Kier molecular flexibility index (Phi) is 5.91. The standard InChI is InChI=1S/C20H18F3N3O3S2/c21-20(22,23)14-4-5-17(26-9-11-29-12-10-26)16(13-14)25-31(27,28)19-7-6-18(30-19)15-3-1-2-8-24-15/h1-8,13,25H,9-12H2. The van der Waals surface area contributed by atoms with Gasteiger partial charge in [0.1, 0.15) is 4.21 Å². The first-order chi connectivity index (χ1) is 14.7. The number of sulfonamides is 1. The van der Waals surface area contributed by atoms with Gasteiger partial charge in [0.2, 0.25) is 0 Å². The van der Waals surface area contributed by atoms with E-state index in [1.165, 1.54) is 12.1 Å². The lowest BCUT2D eigenvalue weighted by atomic mass is 10.1. The Morgan fingerprint density at radius 2 is 1.84 bits per heavy atom. The molecule has 6 nitrogen and oxygen atoms in total. The van der Waals surface area contributed by atoms with E-state index in [0.29, 0.717) is 42.6 Å². The second-order valence-electron chi connectivity index (χ2n) is 6.77. The number of anilines is 2. The molecule has 0 atom stereocenters. The lowest BCUT2D eigenvalue weighted by Gasteiger charge is -2.31. The molecular formula is C20H18F3N3O3S2. The summed E-state index contributed by atoms with van der Waals surface area (Å²) in [7, 11) is -4.11. The molecule has 0 radical (unpaired) electrons. The smallest absolute Gasteiger partial charge is 0.378 e. The molecule has 3 aromatic rings. The third kappa shape index (κ3) is 4.83. The minimum atomic E-state index is -4.60. The van der Waals surface area contributed by atoms with Crippen molar-refractivity contribution in [3.63, 3.8) is 0 Å². The normalized spacial score (nSPS) is 15.1. The Hall–Kier alpha value is -2.63. The van der Waals surface area contributed by atoms with Crippen molar-refractivity contribution in [2.45, 2.75) is 10.4 Å². The van der Waals surface area contributed by atoms with Gasteiger partial charge in [-0.2, -0.15) is 13.2 Å². The number of morpholine rings is 1. The number of ether oxygens (including phenoxy) is 1. The third-order valence-corrected chi connectivity index (χ3v) is 7.65. The van der Waals surface area contributed by atoms with E-state index in [4.69, 9.17) is 4.74 Å². The molecule has 1 saturated heterocycles. The molecule has 164 valence electrons. The summed E-state index contributed by atoms with van der Waals surface area (Å²) in [6.45, 7) is 1.71. The summed E-state index contributed by atoms with van der Waals surface area (Å²) in [5.74, 6) is 0. The zero-order valence-corrected chi connectivity index (χ0v) is 17.7. The number of nitrogens with zero attached hydrogens (tertiary/aromatic N) is 2. The Morgan fingerprint density at radius 3 is 2.52 bits per heavy atom. The monoisotopic (exact) mass is 469 g/mol. The summed E-state index contributed by atoms with van der Waals surface area (Å²) in [4.78, 5) is 6.63. The van der Waals surface area contributed by atoms with Crippen LogP contribution in [0.3, 0.4) is 0 Å².